The van der Waals surface area contributed by atoms with Crippen LogP contribution in [0.3, 0.4) is 0 Å². The van der Waals surface area contributed by atoms with Crippen LogP contribution in [0.5, 0.6) is 0 Å². The molecule has 3 nitrogen and oxygen atoms in total. The van der Waals surface area contributed by atoms with Gasteiger partial charge in [0.15, 0.2) is 0 Å². The van der Waals surface area contributed by atoms with Crippen molar-refractivity contribution in [3.05, 3.63) is 0 Å². The molecule has 0 aromatic heterocycles. The first kappa shape index (κ1) is 11.0. The Morgan fingerprint density at radius 2 is 1.56 bits per heavy atom. The zero-order valence-electron chi connectivity index (χ0n) is 9.94. The Bertz CT molecular complexity index is 239. The van der Waals surface area contributed by atoms with Gasteiger partial charge in [0.2, 0.25) is 0 Å². The summed E-state index contributed by atoms with van der Waals surface area (Å²) < 4.78 is 0. The number of aliphatic hydroxyl groups is 2. The summed E-state index contributed by atoms with van der Waals surface area (Å²) in [4.78, 5) is 0. The fraction of sp³-hybridized carbons (Fsp3) is 1.00. The summed E-state index contributed by atoms with van der Waals surface area (Å²) >= 11 is 0. The second-order valence-corrected chi connectivity index (χ2v) is 6.30. The Balaban J connectivity index is 1.70. The zero-order valence-corrected chi connectivity index (χ0v) is 9.94. The smallest absolute Gasteiger partial charge is 0.119 e. The number of quaternary nitrogens is 1. The average Bonchev–Trinajstić information content (AvgIpc) is 2.25. The van der Waals surface area contributed by atoms with E-state index in [1.807, 2.05) is 0 Å². The average molecular weight is 226 g/mol. The Morgan fingerprint density at radius 3 is 2.06 bits per heavy atom. The molecule has 0 unspecified atom stereocenters. The SMILES string of the molecule is OCC[NH2+]CC1(O)C2CC3CC(C2)CC1C3. The molecule has 0 heterocycles. The molecule has 4 saturated carbocycles. The van der Waals surface area contributed by atoms with Gasteiger partial charge in [-0.3, -0.25) is 0 Å². The van der Waals surface area contributed by atoms with Gasteiger partial charge in [-0.05, 0) is 55.8 Å². The van der Waals surface area contributed by atoms with Crippen LogP contribution in [0.15, 0.2) is 0 Å². The van der Waals surface area contributed by atoms with Gasteiger partial charge in [-0.1, -0.05) is 0 Å². The molecular weight excluding hydrogens is 202 g/mol. The van der Waals surface area contributed by atoms with Gasteiger partial charge >= 0.3 is 0 Å². The van der Waals surface area contributed by atoms with Crippen molar-refractivity contribution in [3.8, 4) is 0 Å². The van der Waals surface area contributed by atoms with E-state index in [-0.39, 0.29) is 6.61 Å². The molecule has 0 spiro atoms. The predicted molar refractivity (Wildman–Crippen MR) is 60.7 cm³/mol. The van der Waals surface area contributed by atoms with Crippen LogP contribution in [0.2, 0.25) is 0 Å². The van der Waals surface area contributed by atoms with Gasteiger partial charge in [0.25, 0.3) is 0 Å². The number of hydrogen-bond donors (Lipinski definition) is 3. The third-order valence-corrected chi connectivity index (χ3v) is 5.36. The van der Waals surface area contributed by atoms with E-state index in [1.165, 1.54) is 32.1 Å². The highest BCUT2D eigenvalue weighted by Gasteiger charge is 2.57. The van der Waals surface area contributed by atoms with Crippen molar-refractivity contribution in [1.82, 2.24) is 0 Å². The van der Waals surface area contributed by atoms with Gasteiger partial charge in [-0.25, -0.2) is 0 Å². The van der Waals surface area contributed by atoms with E-state index in [0.29, 0.717) is 11.8 Å². The molecule has 3 heteroatoms. The lowest BCUT2D eigenvalue weighted by molar-refractivity contribution is -0.673. The number of nitrogens with two attached hydrogens (primary N) is 1. The van der Waals surface area contributed by atoms with Gasteiger partial charge in [-0.15, -0.1) is 0 Å². The summed E-state index contributed by atoms with van der Waals surface area (Å²) in [5, 5.41) is 21.8. The van der Waals surface area contributed by atoms with Crippen molar-refractivity contribution in [2.24, 2.45) is 23.7 Å². The van der Waals surface area contributed by atoms with E-state index in [0.717, 1.165) is 24.9 Å². The Kier molecular flexibility index (Phi) is 2.73. The van der Waals surface area contributed by atoms with Crippen molar-refractivity contribution in [2.75, 3.05) is 19.7 Å². The maximum atomic E-state index is 10.9. The molecule has 4 aliphatic carbocycles. The summed E-state index contributed by atoms with van der Waals surface area (Å²) in [5.74, 6) is 2.94. The van der Waals surface area contributed by atoms with Crippen LogP contribution in [-0.4, -0.2) is 35.5 Å². The summed E-state index contributed by atoms with van der Waals surface area (Å²) in [5.41, 5.74) is -0.414. The molecule has 0 aliphatic heterocycles. The van der Waals surface area contributed by atoms with Gasteiger partial charge in [0.05, 0.1) is 13.2 Å². The Hall–Kier alpha value is -0.120. The predicted octanol–water partition coefficient (Wildman–Crippen LogP) is -0.271. The highest BCUT2D eigenvalue weighted by Crippen LogP contribution is 2.57. The van der Waals surface area contributed by atoms with E-state index in [9.17, 15) is 5.11 Å². The van der Waals surface area contributed by atoms with Gasteiger partial charge in [0, 0.05) is 0 Å². The molecule has 4 bridgehead atoms. The van der Waals surface area contributed by atoms with Crippen molar-refractivity contribution in [3.63, 3.8) is 0 Å². The van der Waals surface area contributed by atoms with Crippen LogP contribution in [-0.2, 0) is 0 Å². The monoisotopic (exact) mass is 226 g/mol. The molecule has 0 aromatic rings. The third kappa shape index (κ3) is 1.60. The van der Waals surface area contributed by atoms with Crippen LogP contribution in [0.4, 0.5) is 0 Å². The first-order valence-corrected chi connectivity index (χ1v) is 6.87. The fourth-order valence-electron chi connectivity index (χ4n) is 4.76. The van der Waals surface area contributed by atoms with E-state index >= 15 is 0 Å². The number of rotatable bonds is 4. The summed E-state index contributed by atoms with van der Waals surface area (Å²) in [6.07, 6.45) is 6.48. The zero-order chi connectivity index (χ0) is 11.2. The first-order valence-electron chi connectivity index (χ1n) is 6.87. The molecule has 4 fully saturated rings. The minimum atomic E-state index is -0.414. The van der Waals surface area contributed by atoms with Crippen LogP contribution < -0.4 is 5.32 Å². The maximum absolute atomic E-state index is 10.9. The maximum Gasteiger partial charge on any atom is 0.119 e. The largest absolute Gasteiger partial charge is 0.391 e. The first-order chi connectivity index (χ1) is 7.72. The molecule has 0 radical (unpaired) electrons. The molecule has 0 atom stereocenters. The molecule has 0 aromatic carbocycles. The lowest BCUT2D eigenvalue weighted by atomic mass is 9.50. The summed E-state index contributed by atoms with van der Waals surface area (Å²) in [6.45, 7) is 1.76. The minimum absolute atomic E-state index is 0.219. The second kappa shape index (κ2) is 3.97. The molecule has 0 saturated heterocycles. The van der Waals surface area contributed by atoms with E-state index in [2.05, 4.69) is 5.32 Å². The Labute approximate surface area is 97.2 Å². The quantitative estimate of drug-likeness (QED) is 0.578. The molecule has 0 amide bonds. The van der Waals surface area contributed by atoms with Crippen LogP contribution in [0.1, 0.15) is 32.1 Å². The van der Waals surface area contributed by atoms with Gasteiger partial charge in [-0.2, -0.15) is 0 Å². The van der Waals surface area contributed by atoms with Gasteiger partial charge in [0.1, 0.15) is 12.1 Å². The lowest BCUT2D eigenvalue weighted by Crippen LogP contribution is -2.91. The van der Waals surface area contributed by atoms with Crippen LogP contribution in [0.25, 0.3) is 0 Å². The van der Waals surface area contributed by atoms with E-state index < -0.39 is 5.60 Å². The standard InChI is InChI=1S/C13H23NO2/c15-2-1-14-8-13(16)11-4-9-3-10(6-11)7-12(13)5-9/h9-12,14-16H,1-8H2/p+1. The van der Waals surface area contributed by atoms with Crippen LogP contribution >= 0.6 is 0 Å². The van der Waals surface area contributed by atoms with Crippen molar-refractivity contribution < 1.29 is 15.5 Å². The molecule has 92 valence electrons. The highest BCUT2D eigenvalue weighted by atomic mass is 16.3. The van der Waals surface area contributed by atoms with E-state index in [4.69, 9.17) is 5.11 Å². The molecule has 16 heavy (non-hydrogen) atoms. The van der Waals surface area contributed by atoms with Crippen molar-refractivity contribution in [1.29, 1.82) is 0 Å². The molecule has 4 N–H and O–H groups in total. The molecule has 4 rings (SSSR count). The normalized spacial score (nSPS) is 49.9. The topological polar surface area (TPSA) is 57.1 Å². The van der Waals surface area contributed by atoms with Crippen LogP contribution in [0, 0.1) is 23.7 Å². The minimum Gasteiger partial charge on any atom is -0.391 e. The third-order valence-electron chi connectivity index (χ3n) is 5.36. The summed E-state index contributed by atoms with van der Waals surface area (Å²) in [6, 6.07) is 0. The van der Waals surface area contributed by atoms with Crippen molar-refractivity contribution in [2.45, 2.75) is 37.7 Å². The summed E-state index contributed by atoms with van der Waals surface area (Å²) in [7, 11) is 0. The fourth-order valence-corrected chi connectivity index (χ4v) is 4.76. The number of aliphatic hydroxyl groups excluding tert-OH is 1. The number of hydrogen-bond acceptors (Lipinski definition) is 2. The Morgan fingerprint density at radius 1 is 1.00 bits per heavy atom. The second-order valence-electron chi connectivity index (χ2n) is 6.30. The highest BCUT2D eigenvalue weighted by molar-refractivity contribution is 5.06. The molecular formula is C13H24NO2+. The molecule has 4 aliphatic rings. The van der Waals surface area contributed by atoms with E-state index in [1.54, 1.807) is 0 Å². The lowest BCUT2D eigenvalue weighted by Gasteiger charge is -2.58. The van der Waals surface area contributed by atoms with Crippen molar-refractivity contribution >= 4 is 0 Å². The van der Waals surface area contributed by atoms with Gasteiger partial charge < -0.3 is 15.5 Å².